The molecule has 0 spiro atoms. The van der Waals surface area contributed by atoms with Gasteiger partial charge in [-0.15, -0.1) is 0 Å². The van der Waals surface area contributed by atoms with Crippen molar-refractivity contribution in [2.75, 3.05) is 36.5 Å². The number of nitrogens with one attached hydrogen (secondary N) is 1. The molecule has 2 atom stereocenters. The number of pyridine rings is 1. The standard InChI is InChI=1S/C18H22FN5O/c19-15-10-21-18(23-17(15)24-7-1-2-8-24)22-16-12-25-11-14(16)9-13-3-5-20-6-4-13/h3-6,10,14,16H,1-2,7-9,11-12H2,(H,21,22,23)/t14-,16-/m1/s1. The van der Waals surface area contributed by atoms with Gasteiger partial charge in [0.15, 0.2) is 11.6 Å². The second-order valence-electron chi connectivity index (χ2n) is 6.67. The van der Waals surface area contributed by atoms with Crippen LogP contribution in [0.15, 0.2) is 30.7 Å². The highest BCUT2D eigenvalue weighted by Gasteiger charge is 2.29. The first-order chi connectivity index (χ1) is 12.3. The Morgan fingerprint density at radius 1 is 1.20 bits per heavy atom. The number of hydrogen-bond acceptors (Lipinski definition) is 6. The third-order valence-corrected chi connectivity index (χ3v) is 4.89. The molecule has 132 valence electrons. The largest absolute Gasteiger partial charge is 0.379 e. The Kier molecular flexibility index (Phi) is 4.74. The van der Waals surface area contributed by atoms with E-state index in [1.54, 1.807) is 12.4 Å². The predicted molar refractivity (Wildman–Crippen MR) is 93.1 cm³/mol. The normalized spacial score (nSPS) is 23.2. The van der Waals surface area contributed by atoms with Crippen molar-refractivity contribution in [3.63, 3.8) is 0 Å². The van der Waals surface area contributed by atoms with Crippen molar-refractivity contribution >= 4 is 11.8 Å². The Hall–Kier alpha value is -2.28. The first kappa shape index (κ1) is 16.2. The smallest absolute Gasteiger partial charge is 0.225 e. The molecule has 4 rings (SSSR count). The van der Waals surface area contributed by atoms with Gasteiger partial charge < -0.3 is 15.0 Å². The van der Waals surface area contributed by atoms with Crippen LogP contribution in [0.1, 0.15) is 18.4 Å². The summed E-state index contributed by atoms with van der Waals surface area (Å²) >= 11 is 0. The molecule has 0 amide bonds. The van der Waals surface area contributed by atoms with Crippen LogP contribution in [-0.2, 0) is 11.2 Å². The quantitative estimate of drug-likeness (QED) is 0.899. The summed E-state index contributed by atoms with van der Waals surface area (Å²) in [7, 11) is 0. The molecule has 6 nitrogen and oxygen atoms in total. The first-order valence-electron chi connectivity index (χ1n) is 8.80. The summed E-state index contributed by atoms with van der Waals surface area (Å²) in [6.45, 7) is 3.00. The zero-order valence-corrected chi connectivity index (χ0v) is 14.1. The van der Waals surface area contributed by atoms with Crippen molar-refractivity contribution in [3.05, 3.63) is 42.1 Å². The number of hydrogen-bond donors (Lipinski definition) is 1. The van der Waals surface area contributed by atoms with Crippen molar-refractivity contribution < 1.29 is 9.13 Å². The number of nitrogens with zero attached hydrogens (tertiary/aromatic N) is 4. The second-order valence-corrected chi connectivity index (χ2v) is 6.67. The summed E-state index contributed by atoms with van der Waals surface area (Å²) in [5.41, 5.74) is 1.23. The molecule has 2 aliphatic rings. The van der Waals surface area contributed by atoms with Gasteiger partial charge in [-0.25, -0.2) is 9.37 Å². The van der Waals surface area contributed by atoms with Gasteiger partial charge in [0.1, 0.15) is 0 Å². The van der Waals surface area contributed by atoms with Gasteiger partial charge in [0.25, 0.3) is 0 Å². The van der Waals surface area contributed by atoms with Crippen molar-refractivity contribution in [2.45, 2.75) is 25.3 Å². The van der Waals surface area contributed by atoms with E-state index < -0.39 is 0 Å². The summed E-state index contributed by atoms with van der Waals surface area (Å²) in [5, 5.41) is 3.35. The molecule has 7 heteroatoms. The molecule has 0 unspecified atom stereocenters. The first-order valence-corrected chi connectivity index (χ1v) is 8.80. The SMILES string of the molecule is Fc1cnc(N[C@@H]2COC[C@H]2Cc2ccncc2)nc1N1CCCC1. The van der Waals surface area contributed by atoms with Crippen molar-refractivity contribution in [1.82, 2.24) is 15.0 Å². The number of ether oxygens (including phenoxy) is 1. The van der Waals surface area contributed by atoms with Crippen LogP contribution in [-0.4, -0.2) is 47.3 Å². The molecule has 0 bridgehead atoms. The average molecular weight is 343 g/mol. The lowest BCUT2D eigenvalue weighted by molar-refractivity contribution is 0.185. The molecule has 25 heavy (non-hydrogen) atoms. The van der Waals surface area contributed by atoms with Gasteiger partial charge in [-0.05, 0) is 37.0 Å². The van der Waals surface area contributed by atoms with Gasteiger partial charge in [-0.1, -0.05) is 0 Å². The monoisotopic (exact) mass is 343 g/mol. The summed E-state index contributed by atoms with van der Waals surface area (Å²) in [4.78, 5) is 14.6. The molecular weight excluding hydrogens is 321 g/mol. The lowest BCUT2D eigenvalue weighted by Crippen LogP contribution is -2.30. The molecular formula is C18H22FN5O. The molecule has 4 heterocycles. The fourth-order valence-electron chi connectivity index (χ4n) is 3.53. The number of rotatable bonds is 5. The van der Waals surface area contributed by atoms with Crippen LogP contribution in [0, 0.1) is 11.7 Å². The van der Waals surface area contributed by atoms with Gasteiger partial charge in [0.2, 0.25) is 5.95 Å². The van der Waals surface area contributed by atoms with E-state index in [2.05, 4.69) is 20.3 Å². The van der Waals surface area contributed by atoms with Crippen molar-refractivity contribution in [1.29, 1.82) is 0 Å². The average Bonchev–Trinajstić information content (AvgIpc) is 3.30. The molecule has 0 aromatic carbocycles. The van der Waals surface area contributed by atoms with E-state index in [9.17, 15) is 4.39 Å². The number of anilines is 2. The van der Waals surface area contributed by atoms with Gasteiger partial charge in [0, 0.05) is 31.4 Å². The Balaban J connectivity index is 1.46. The second kappa shape index (κ2) is 7.31. The lowest BCUT2D eigenvalue weighted by atomic mass is 9.95. The molecule has 2 fully saturated rings. The van der Waals surface area contributed by atoms with E-state index in [1.165, 1.54) is 11.8 Å². The summed E-state index contributed by atoms with van der Waals surface area (Å²) in [6.07, 6.45) is 7.93. The number of aromatic nitrogens is 3. The third-order valence-electron chi connectivity index (χ3n) is 4.89. The van der Waals surface area contributed by atoms with Crippen molar-refractivity contribution in [2.24, 2.45) is 5.92 Å². The van der Waals surface area contributed by atoms with E-state index in [4.69, 9.17) is 4.74 Å². The minimum Gasteiger partial charge on any atom is -0.379 e. The molecule has 1 N–H and O–H groups in total. The maximum atomic E-state index is 14.1. The summed E-state index contributed by atoms with van der Waals surface area (Å²) in [6, 6.07) is 4.16. The maximum absolute atomic E-state index is 14.1. The Morgan fingerprint density at radius 3 is 2.80 bits per heavy atom. The Morgan fingerprint density at radius 2 is 2.00 bits per heavy atom. The van der Waals surface area contributed by atoms with Crippen LogP contribution in [0.3, 0.4) is 0 Å². The van der Waals surface area contributed by atoms with E-state index in [-0.39, 0.29) is 11.9 Å². The number of halogens is 1. The molecule has 2 aromatic heterocycles. The van der Waals surface area contributed by atoms with Crippen molar-refractivity contribution in [3.8, 4) is 0 Å². The fraction of sp³-hybridized carbons (Fsp3) is 0.500. The van der Waals surface area contributed by atoms with E-state index in [0.29, 0.717) is 30.9 Å². The predicted octanol–water partition coefficient (Wildman–Crippen LogP) is 2.28. The zero-order chi connectivity index (χ0) is 17.1. The van der Waals surface area contributed by atoms with E-state index in [0.717, 1.165) is 32.4 Å². The van der Waals surface area contributed by atoms with Gasteiger partial charge in [-0.3, -0.25) is 4.98 Å². The molecule has 2 aromatic rings. The topological polar surface area (TPSA) is 63.2 Å². The maximum Gasteiger partial charge on any atom is 0.225 e. The van der Waals surface area contributed by atoms with Crippen LogP contribution in [0.4, 0.5) is 16.2 Å². The lowest BCUT2D eigenvalue weighted by Gasteiger charge is -2.21. The van der Waals surface area contributed by atoms with E-state index in [1.807, 2.05) is 17.0 Å². The van der Waals surface area contributed by atoms with Gasteiger partial charge >= 0.3 is 0 Å². The molecule has 0 aliphatic carbocycles. The van der Waals surface area contributed by atoms with Crippen LogP contribution >= 0.6 is 0 Å². The molecule has 0 saturated carbocycles. The van der Waals surface area contributed by atoms with E-state index >= 15 is 0 Å². The highest BCUT2D eigenvalue weighted by Crippen LogP contribution is 2.25. The minimum absolute atomic E-state index is 0.116. The Labute approximate surface area is 146 Å². The Bertz CT molecular complexity index is 708. The van der Waals surface area contributed by atoms with Crippen LogP contribution in [0.2, 0.25) is 0 Å². The summed E-state index contributed by atoms with van der Waals surface area (Å²) in [5.74, 6) is 0.841. The minimum atomic E-state index is -0.358. The molecule has 2 aliphatic heterocycles. The highest BCUT2D eigenvalue weighted by atomic mass is 19.1. The van der Waals surface area contributed by atoms with Crippen LogP contribution < -0.4 is 10.2 Å². The van der Waals surface area contributed by atoms with Gasteiger partial charge in [-0.2, -0.15) is 4.98 Å². The van der Waals surface area contributed by atoms with Crippen LogP contribution in [0.5, 0.6) is 0 Å². The molecule has 0 radical (unpaired) electrons. The highest BCUT2D eigenvalue weighted by molar-refractivity contribution is 5.45. The van der Waals surface area contributed by atoms with Gasteiger partial charge in [0.05, 0.1) is 25.5 Å². The summed E-state index contributed by atoms with van der Waals surface area (Å²) < 4.78 is 19.7. The fourth-order valence-corrected chi connectivity index (χ4v) is 3.53. The van der Waals surface area contributed by atoms with Crippen LogP contribution in [0.25, 0.3) is 0 Å². The zero-order valence-electron chi connectivity index (χ0n) is 14.1. The molecule has 2 saturated heterocycles. The third kappa shape index (κ3) is 3.71.